The van der Waals surface area contributed by atoms with Crippen LogP contribution in [0.25, 0.3) is 0 Å². The molecular formula is C18H23FO2. The lowest BCUT2D eigenvalue weighted by Crippen LogP contribution is -1.98. The summed E-state index contributed by atoms with van der Waals surface area (Å²) in [5.41, 5.74) is 3.02. The SMILES string of the molecule is C=C(C)/C=C(/F)C(=C)C(=C)/C=C(/CCOC=O)C(=C)CC. The zero-order valence-electron chi connectivity index (χ0n) is 12.9. The van der Waals surface area contributed by atoms with Crippen LogP contribution >= 0.6 is 0 Å². The standard InChI is InChI=1S/C18H23FO2/c1-7-14(4)17(8-9-21-12-20)11-15(5)16(6)18(19)10-13(2)3/h10-12H,2,4-9H2,1,3H3/b17-11-,18-10+. The Morgan fingerprint density at radius 2 is 1.81 bits per heavy atom. The largest absolute Gasteiger partial charge is 0.468 e. The summed E-state index contributed by atoms with van der Waals surface area (Å²) >= 11 is 0. The van der Waals surface area contributed by atoms with Crippen LogP contribution in [-0.2, 0) is 9.53 Å². The number of carbonyl (C=O) groups excluding carboxylic acids is 1. The highest BCUT2D eigenvalue weighted by Gasteiger charge is 2.08. The van der Waals surface area contributed by atoms with E-state index in [9.17, 15) is 9.18 Å². The molecule has 0 rings (SSSR count). The van der Waals surface area contributed by atoms with Crippen LogP contribution in [0.15, 0.2) is 72.2 Å². The van der Waals surface area contributed by atoms with Gasteiger partial charge in [0.05, 0.1) is 6.61 Å². The van der Waals surface area contributed by atoms with E-state index in [-0.39, 0.29) is 12.2 Å². The number of carbonyl (C=O) groups is 1. The van der Waals surface area contributed by atoms with Crippen molar-refractivity contribution in [1.82, 2.24) is 0 Å². The van der Waals surface area contributed by atoms with Crippen molar-refractivity contribution in [1.29, 1.82) is 0 Å². The topological polar surface area (TPSA) is 26.3 Å². The third-order valence-electron chi connectivity index (χ3n) is 2.84. The van der Waals surface area contributed by atoms with E-state index < -0.39 is 5.83 Å². The Labute approximate surface area is 126 Å². The van der Waals surface area contributed by atoms with Gasteiger partial charge in [0, 0.05) is 12.0 Å². The minimum Gasteiger partial charge on any atom is -0.468 e. The molecule has 0 amide bonds. The zero-order chi connectivity index (χ0) is 16.4. The minimum absolute atomic E-state index is 0.204. The van der Waals surface area contributed by atoms with E-state index in [0.717, 1.165) is 17.6 Å². The van der Waals surface area contributed by atoms with Gasteiger partial charge in [-0.15, -0.1) is 0 Å². The highest BCUT2D eigenvalue weighted by Crippen LogP contribution is 2.24. The molecule has 0 bridgehead atoms. The molecule has 21 heavy (non-hydrogen) atoms. The Bertz CT molecular complexity index is 507. The first-order valence-electron chi connectivity index (χ1n) is 6.68. The van der Waals surface area contributed by atoms with Gasteiger partial charge in [0.2, 0.25) is 0 Å². The quantitative estimate of drug-likeness (QED) is 0.322. The van der Waals surface area contributed by atoms with Gasteiger partial charge in [0.25, 0.3) is 6.47 Å². The first kappa shape index (κ1) is 18.8. The summed E-state index contributed by atoms with van der Waals surface area (Å²) < 4.78 is 18.5. The lowest BCUT2D eigenvalue weighted by atomic mass is 9.97. The lowest BCUT2D eigenvalue weighted by molar-refractivity contribution is -0.128. The summed E-state index contributed by atoms with van der Waals surface area (Å²) in [7, 11) is 0. The number of hydrogen-bond acceptors (Lipinski definition) is 2. The summed E-state index contributed by atoms with van der Waals surface area (Å²) in [5.74, 6) is -0.464. The maximum atomic E-state index is 13.9. The van der Waals surface area contributed by atoms with E-state index >= 15 is 0 Å². The van der Waals surface area contributed by atoms with Gasteiger partial charge in [-0.2, -0.15) is 0 Å². The molecule has 0 saturated carbocycles. The third kappa shape index (κ3) is 7.25. The molecule has 0 saturated heterocycles. The fourth-order valence-corrected chi connectivity index (χ4v) is 1.55. The van der Waals surface area contributed by atoms with Crippen molar-refractivity contribution < 1.29 is 13.9 Å². The van der Waals surface area contributed by atoms with Crippen LogP contribution in [0.5, 0.6) is 0 Å². The Morgan fingerprint density at radius 1 is 1.19 bits per heavy atom. The fraction of sp³-hybridized carbons (Fsp3) is 0.278. The van der Waals surface area contributed by atoms with E-state index in [1.807, 2.05) is 6.92 Å². The second-order valence-corrected chi connectivity index (χ2v) is 4.69. The van der Waals surface area contributed by atoms with Crippen molar-refractivity contribution in [2.75, 3.05) is 6.61 Å². The van der Waals surface area contributed by atoms with Gasteiger partial charge in [-0.25, -0.2) is 4.39 Å². The van der Waals surface area contributed by atoms with Crippen LogP contribution in [0.1, 0.15) is 26.7 Å². The maximum absolute atomic E-state index is 13.9. The predicted octanol–water partition coefficient (Wildman–Crippen LogP) is 4.98. The zero-order valence-corrected chi connectivity index (χ0v) is 12.9. The molecule has 2 nitrogen and oxygen atoms in total. The molecule has 114 valence electrons. The molecule has 0 radical (unpaired) electrons. The van der Waals surface area contributed by atoms with Crippen molar-refractivity contribution in [2.24, 2.45) is 0 Å². The molecule has 0 atom stereocenters. The molecule has 0 N–H and O–H groups in total. The van der Waals surface area contributed by atoms with Crippen molar-refractivity contribution in [3.63, 3.8) is 0 Å². The molecule has 3 heteroatoms. The monoisotopic (exact) mass is 290 g/mol. The van der Waals surface area contributed by atoms with Gasteiger partial charge < -0.3 is 4.74 Å². The van der Waals surface area contributed by atoms with E-state index in [0.29, 0.717) is 24.0 Å². The van der Waals surface area contributed by atoms with Crippen LogP contribution < -0.4 is 0 Å². The molecule has 0 heterocycles. The molecule has 0 aromatic carbocycles. The normalized spacial score (nSPS) is 11.8. The summed E-state index contributed by atoms with van der Waals surface area (Å²) in [5, 5.41) is 0. The number of rotatable bonds is 10. The van der Waals surface area contributed by atoms with Crippen molar-refractivity contribution in [3.05, 3.63) is 72.2 Å². The highest BCUT2D eigenvalue weighted by molar-refractivity contribution is 5.50. The Kier molecular flexibility index (Phi) is 8.70. The molecule has 0 aliphatic carbocycles. The third-order valence-corrected chi connectivity index (χ3v) is 2.84. The van der Waals surface area contributed by atoms with Crippen LogP contribution in [-0.4, -0.2) is 13.1 Å². The number of halogens is 1. The van der Waals surface area contributed by atoms with Crippen LogP contribution in [0.3, 0.4) is 0 Å². The summed E-state index contributed by atoms with van der Waals surface area (Å²) in [6.07, 6.45) is 4.29. The fourth-order valence-electron chi connectivity index (χ4n) is 1.55. The second kappa shape index (κ2) is 9.70. The van der Waals surface area contributed by atoms with Gasteiger partial charge in [-0.1, -0.05) is 50.5 Å². The van der Waals surface area contributed by atoms with Crippen LogP contribution in [0, 0.1) is 0 Å². The smallest absolute Gasteiger partial charge is 0.293 e. The molecule has 0 aliphatic heterocycles. The molecule has 0 aromatic heterocycles. The number of allylic oxidation sites excluding steroid dienone is 7. The van der Waals surface area contributed by atoms with Crippen molar-refractivity contribution >= 4 is 6.47 Å². The van der Waals surface area contributed by atoms with E-state index in [2.05, 4.69) is 31.1 Å². The molecule has 0 aromatic rings. The maximum Gasteiger partial charge on any atom is 0.293 e. The summed E-state index contributed by atoms with van der Waals surface area (Å²) in [6.45, 7) is 19.4. The summed E-state index contributed by atoms with van der Waals surface area (Å²) in [4.78, 5) is 10.2. The van der Waals surface area contributed by atoms with E-state index in [4.69, 9.17) is 0 Å². The van der Waals surface area contributed by atoms with E-state index in [1.54, 1.807) is 13.0 Å². The van der Waals surface area contributed by atoms with Gasteiger partial charge in [-0.05, 0) is 30.6 Å². The first-order valence-corrected chi connectivity index (χ1v) is 6.68. The van der Waals surface area contributed by atoms with Crippen molar-refractivity contribution in [3.8, 4) is 0 Å². The van der Waals surface area contributed by atoms with Crippen LogP contribution in [0.2, 0.25) is 0 Å². The Morgan fingerprint density at radius 3 is 2.29 bits per heavy atom. The Hall–Kier alpha value is -2.16. The molecule has 0 unspecified atom stereocenters. The Balaban J connectivity index is 5.12. The molecule has 0 aliphatic rings. The van der Waals surface area contributed by atoms with Crippen molar-refractivity contribution in [2.45, 2.75) is 26.7 Å². The average molecular weight is 290 g/mol. The molecule has 0 spiro atoms. The molecular weight excluding hydrogens is 267 g/mol. The molecule has 0 fully saturated rings. The minimum atomic E-state index is -0.464. The highest BCUT2D eigenvalue weighted by atomic mass is 19.1. The average Bonchev–Trinajstić information content (AvgIpc) is 2.43. The first-order chi connectivity index (χ1) is 9.83. The van der Waals surface area contributed by atoms with Gasteiger partial charge in [-0.3, -0.25) is 4.79 Å². The predicted molar refractivity (Wildman–Crippen MR) is 86.4 cm³/mol. The summed E-state index contributed by atoms with van der Waals surface area (Å²) in [6, 6.07) is 0. The van der Waals surface area contributed by atoms with E-state index in [1.165, 1.54) is 6.08 Å². The second-order valence-electron chi connectivity index (χ2n) is 4.69. The van der Waals surface area contributed by atoms with Gasteiger partial charge in [0.15, 0.2) is 0 Å². The van der Waals surface area contributed by atoms with Gasteiger partial charge in [0.1, 0.15) is 5.83 Å². The number of ether oxygens (including phenoxy) is 1. The lowest BCUT2D eigenvalue weighted by Gasteiger charge is -2.11. The van der Waals surface area contributed by atoms with Gasteiger partial charge >= 0.3 is 0 Å². The number of hydrogen-bond donors (Lipinski definition) is 0. The van der Waals surface area contributed by atoms with Crippen LogP contribution in [0.4, 0.5) is 4.39 Å².